The smallest absolute Gasteiger partial charge is 0.395 e. The van der Waals surface area contributed by atoms with Crippen LogP contribution >= 0.6 is 11.3 Å². The lowest BCUT2D eigenvalue weighted by Crippen LogP contribution is -2.08. The molecule has 0 aliphatic heterocycles. The van der Waals surface area contributed by atoms with Crippen molar-refractivity contribution in [3.8, 4) is 11.8 Å². The Hall–Kier alpha value is -1.78. The summed E-state index contributed by atoms with van der Waals surface area (Å²) in [7, 11) is 0. The van der Waals surface area contributed by atoms with Gasteiger partial charge in [-0.2, -0.15) is 18.3 Å². The predicted molar refractivity (Wildman–Crippen MR) is 69.2 cm³/mol. The maximum Gasteiger partial charge on any atom is 0.435 e. The molecule has 0 fully saturated rings. The minimum atomic E-state index is -4.43. The summed E-state index contributed by atoms with van der Waals surface area (Å²) in [5.41, 5.74) is -0.144. The van der Waals surface area contributed by atoms with Crippen molar-refractivity contribution in [2.75, 3.05) is 6.61 Å². The monoisotopic (exact) mass is 300 g/mol. The Labute approximate surface area is 117 Å². The number of aromatic nitrogens is 2. The van der Waals surface area contributed by atoms with E-state index in [1.54, 1.807) is 6.07 Å². The highest BCUT2D eigenvalue weighted by molar-refractivity contribution is 7.10. The van der Waals surface area contributed by atoms with E-state index in [1.165, 1.54) is 22.2 Å². The normalized spacial score (nSPS) is 11.2. The van der Waals surface area contributed by atoms with Gasteiger partial charge < -0.3 is 5.11 Å². The number of halogens is 3. The van der Waals surface area contributed by atoms with E-state index in [4.69, 9.17) is 5.11 Å². The Morgan fingerprint density at radius 1 is 1.35 bits per heavy atom. The first-order chi connectivity index (χ1) is 9.50. The van der Waals surface area contributed by atoms with Gasteiger partial charge in [-0.05, 0) is 17.5 Å². The minimum absolute atomic E-state index is 0.0133. The van der Waals surface area contributed by atoms with Crippen LogP contribution in [-0.4, -0.2) is 21.5 Å². The summed E-state index contributed by atoms with van der Waals surface area (Å²) < 4.78 is 38.6. The average Bonchev–Trinajstić information content (AvgIpc) is 2.99. The standard InChI is InChI=1S/C13H11F3N2OS/c14-13(15,16)12-4-6-18(17-12)9-11-10(5-8-20-11)3-1-2-7-19/h4-6,8,19H,2,7,9H2. The molecule has 2 aromatic rings. The summed E-state index contributed by atoms with van der Waals surface area (Å²) in [5.74, 6) is 5.68. The fourth-order valence-electron chi connectivity index (χ4n) is 1.54. The van der Waals surface area contributed by atoms with Crippen molar-refractivity contribution in [1.82, 2.24) is 9.78 Å². The third-order valence-electron chi connectivity index (χ3n) is 2.44. The van der Waals surface area contributed by atoms with E-state index >= 15 is 0 Å². The molecule has 3 nitrogen and oxygen atoms in total. The fraction of sp³-hybridized carbons (Fsp3) is 0.308. The van der Waals surface area contributed by atoms with Crippen LogP contribution in [0.5, 0.6) is 0 Å². The number of hydrogen-bond donors (Lipinski definition) is 1. The molecule has 0 aliphatic rings. The van der Waals surface area contributed by atoms with Crippen molar-refractivity contribution in [3.05, 3.63) is 39.8 Å². The second-order valence-electron chi connectivity index (χ2n) is 3.93. The van der Waals surface area contributed by atoms with Gasteiger partial charge in [0.15, 0.2) is 5.69 Å². The number of alkyl halides is 3. The molecule has 2 aromatic heterocycles. The highest BCUT2D eigenvalue weighted by Gasteiger charge is 2.33. The van der Waals surface area contributed by atoms with Crippen LogP contribution in [0.2, 0.25) is 0 Å². The number of aliphatic hydroxyl groups is 1. The third kappa shape index (κ3) is 3.62. The Bertz CT molecular complexity index is 634. The summed E-state index contributed by atoms with van der Waals surface area (Å²) in [4.78, 5) is 0.840. The average molecular weight is 300 g/mol. The van der Waals surface area contributed by atoms with Gasteiger partial charge in [0.05, 0.1) is 13.2 Å². The molecule has 0 spiro atoms. The van der Waals surface area contributed by atoms with Gasteiger partial charge in [0.25, 0.3) is 0 Å². The fourth-order valence-corrected chi connectivity index (χ4v) is 2.36. The van der Waals surface area contributed by atoms with Crippen LogP contribution in [0.1, 0.15) is 22.6 Å². The molecule has 0 atom stereocenters. The zero-order chi connectivity index (χ0) is 14.6. The van der Waals surface area contributed by atoms with Gasteiger partial charge in [-0.15, -0.1) is 11.3 Å². The van der Waals surface area contributed by atoms with Crippen LogP contribution in [0.3, 0.4) is 0 Å². The molecule has 7 heteroatoms. The molecule has 0 saturated carbocycles. The predicted octanol–water partition coefficient (Wildman–Crippen LogP) is 2.75. The van der Waals surface area contributed by atoms with Crippen LogP contribution in [0.4, 0.5) is 13.2 Å². The molecule has 0 bridgehead atoms. The van der Waals surface area contributed by atoms with Gasteiger partial charge in [-0.1, -0.05) is 11.8 Å². The summed E-state index contributed by atoms with van der Waals surface area (Å²) in [6, 6.07) is 2.75. The van der Waals surface area contributed by atoms with E-state index in [0.29, 0.717) is 6.42 Å². The molecule has 0 aromatic carbocycles. The molecule has 2 rings (SSSR count). The first-order valence-corrected chi connectivity index (χ1v) is 6.65. The number of hydrogen-bond acceptors (Lipinski definition) is 3. The second-order valence-corrected chi connectivity index (χ2v) is 4.93. The molecule has 1 N–H and O–H groups in total. The van der Waals surface area contributed by atoms with Crippen molar-refractivity contribution in [2.45, 2.75) is 19.1 Å². The molecule has 0 saturated heterocycles. The topological polar surface area (TPSA) is 38.0 Å². The van der Waals surface area contributed by atoms with Crippen molar-refractivity contribution >= 4 is 11.3 Å². The lowest BCUT2D eigenvalue weighted by molar-refractivity contribution is -0.141. The lowest BCUT2D eigenvalue weighted by Gasteiger charge is -2.02. The Morgan fingerprint density at radius 2 is 2.15 bits per heavy atom. The largest absolute Gasteiger partial charge is 0.435 e. The molecule has 0 unspecified atom stereocenters. The van der Waals surface area contributed by atoms with Crippen LogP contribution in [0, 0.1) is 11.8 Å². The first-order valence-electron chi connectivity index (χ1n) is 5.77. The van der Waals surface area contributed by atoms with Crippen molar-refractivity contribution in [3.63, 3.8) is 0 Å². The summed E-state index contributed by atoms with van der Waals surface area (Å²) in [6.07, 6.45) is -2.76. The minimum Gasteiger partial charge on any atom is -0.395 e. The highest BCUT2D eigenvalue weighted by Crippen LogP contribution is 2.27. The maximum absolute atomic E-state index is 12.4. The zero-order valence-corrected chi connectivity index (χ0v) is 11.1. The van der Waals surface area contributed by atoms with Gasteiger partial charge in [0.2, 0.25) is 0 Å². The number of rotatable bonds is 3. The Morgan fingerprint density at radius 3 is 2.80 bits per heavy atom. The molecular formula is C13H11F3N2OS. The van der Waals surface area contributed by atoms with Crippen molar-refractivity contribution in [1.29, 1.82) is 0 Å². The summed E-state index contributed by atoms with van der Waals surface area (Å²) in [6.45, 7) is 0.234. The van der Waals surface area contributed by atoms with Crippen molar-refractivity contribution in [2.24, 2.45) is 0 Å². The second kappa shape index (κ2) is 6.11. The number of aliphatic hydroxyl groups excluding tert-OH is 1. The molecule has 0 amide bonds. The van der Waals surface area contributed by atoms with E-state index in [9.17, 15) is 13.2 Å². The molecular weight excluding hydrogens is 289 g/mol. The van der Waals surface area contributed by atoms with E-state index in [1.807, 2.05) is 5.38 Å². The maximum atomic E-state index is 12.4. The van der Waals surface area contributed by atoms with E-state index in [2.05, 4.69) is 16.9 Å². The highest BCUT2D eigenvalue weighted by atomic mass is 32.1. The van der Waals surface area contributed by atoms with Gasteiger partial charge in [0, 0.05) is 23.1 Å². The van der Waals surface area contributed by atoms with Gasteiger partial charge in [-0.3, -0.25) is 4.68 Å². The lowest BCUT2D eigenvalue weighted by atomic mass is 10.2. The number of thiophene rings is 1. The molecule has 2 heterocycles. The zero-order valence-electron chi connectivity index (χ0n) is 10.3. The van der Waals surface area contributed by atoms with E-state index in [0.717, 1.165) is 16.5 Å². The van der Waals surface area contributed by atoms with Crippen LogP contribution in [-0.2, 0) is 12.7 Å². The van der Waals surface area contributed by atoms with Gasteiger partial charge in [0.1, 0.15) is 0 Å². The van der Waals surface area contributed by atoms with Gasteiger partial charge >= 0.3 is 6.18 Å². The summed E-state index contributed by atoms with van der Waals surface area (Å²) >= 11 is 1.41. The quantitative estimate of drug-likeness (QED) is 0.885. The first kappa shape index (κ1) is 14.6. The van der Waals surface area contributed by atoms with Crippen LogP contribution in [0.25, 0.3) is 0 Å². The van der Waals surface area contributed by atoms with E-state index < -0.39 is 11.9 Å². The van der Waals surface area contributed by atoms with Crippen molar-refractivity contribution < 1.29 is 18.3 Å². The molecule has 106 valence electrons. The Balaban J connectivity index is 2.13. The van der Waals surface area contributed by atoms with Crippen LogP contribution < -0.4 is 0 Å². The van der Waals surface area contributed by atoms with Crippen LogP contribution in [0.15, 0.2) is 23.7 Å². The summed E-state index contributed by atoms with van der Waals surface area (Å²) in [5, 5.41) is 14.0. The SMILES string of the molecule is OCCC#Cc1ccsc1Cn1ccc(C(F)(F)F)n1. The number of nitrogens with zero attached hydrogens (tertiary/aromatic N) is 2. The van der Waals surface area contributed by atoms with Gasteiger partial charge in [-0.25, -0.2) is 0 Å². The van der Waals surface area contributed by atoms with E-state index in [-0.39, 0.29) is 13.2 Å². The molecule has 0 radical (unpaired) electrons. The third-order valence-corrected chi connectivity index (χ3v) is 3.35. The Kier molecular flexibility index (Phi) is 4.47. The molecule has 20 heavy (non-hydrogen) atoms. The molecule has 0 aliphatic carbocycles.